The Morgan fingerprint density at radius 3 is 2.55 bits per heavy atom. The lowest BCUT2D eigenvalue weighted by atomic mass is 9.75. The zero-order chi connectivity index (χ0) is 22.8. The lowest BCUT2D eigenvalue weighted by Gasteiger charge is -2.51. The van der Waals surface area contributed by atoms with Gasteiger partial charge in [0.1, 0.15) is 0 Å². The minimum atomic E-state index is -0.184. The van der Waals surface area contributed by atoms with Crippen molar-refractivity contribution in [2.45, 2.75) is 38.8 Å². The van der Waals surface area contributed by atoms with Crippen molar-refractivity contribution < 1.29 is 9.59 Å². The molecule has 0 aliphatic carbocycles. The number of benzene rings is 2. The van der Waals surface area contributed by atoms with Crippen molar-refractivity contribution in [3.05, 3.63) is 65.2 Å². The van der Waals surface area contributed by atoms with Gasteiger partial charge in [-0.3, -0.25) is 14.6 Å². The second-order valence-corrected chi connectivity index (χ2v) is 9.92. The summed E-state index contributed by atoms with van der Waals surface area (Å²) in [5.41, 5.74) is 4.36. The lowest BCUT2D eigenvalue weighted by Crippen LogP contribution is -2.58. The monoisotopic (exact) mass is 446 g/mol. The van der Waals surface area contributed by atoms with E-state index < -0.39 is 0 Å². The van der Waals surface area contributed by atoms with E-state index in [2.05, 4.69) is 44.7 Å². The van der Waals surface area contributed by atoms with Gasteiger partial charge >= 0.3 is 6.03 Å². The highest BCUT2D eigenvalue weighted by atomic mass is 16.2. The third kappa shape index (κ3) is 5.12. The van der Waals surface area contributed by atoms with E-state index in [0.717, 1.165) is 37.9 Å². The van der Waals surface area contributed by atoms with Crippen LogP contribution < -0.4 is 10.6 Å². The zero-order valence-electron chi connectivity index (χ0n) is 19.4. The summed E-state index contributed by atoms with van der Waals surface area (Å²) < 4.78 is 0. The number of nitrogens with one attached hydrogen (secondary N) is 2. The Balaban J connectivity index is 1.09. The van der Waals surface area contributed by atoms with Crippen LogP contribution >= 0.6 is 0 Å². The Bertz CT molecular complexity index is 1010. The highest BCUT2D eigenvalue weighted by Crippen LogP contribution is 2.37. The fraction of sp³-hybridized carbons (Fsp3) is 0.481. The van der Waals surface area contributed by atoms with Crippen LogP contribution in [0.1, 0.15) is 41.3 Å². The highest BCUT2D eigenvalue weighted by molar-refractivity contribution is 5.95. The molecule has 4 aliphatic heterocycles. The van der Waals surface area contributed by atoms with Gasteiger partial charge in [0.2, 0.25) is 0 Å². The summed E-state index contributed by atoms with van der Waals surface area (Å²) >= 11 is 0. The van der Waals surface area contributed by atoms with Crippen LogP contribution in [0.2, 0.25) is 0 Å². The lowest BCUT2D eigenvalue weighted by molar-refractivity contribution is -0.0124. The smallest absolute Gasteiger partial charge is 0.319 e. The number of nitrogens with zero attached hydrogens (tertiary/aromatic N) is 2. The number of ketones is 1. The molecule has 6 nitrogen and oxygen atoms in total. The van der Waals surface area contributed by atoms with Gasteiger partial charge in [0.25, 0.3) is 0 Å². The molecule has 4 heterocycles. The van der Waals surface area contributed by atoms with Gasteiger partial charge in [-0.25, -0.2) is 4.79 Å². The van der Waals surface area contributed by atoms with Crippen LogP contribution in [0.5, 0.6) is 0 Å². The number of rotatable bonds is 6. The van der Waals surface area contributed by atoms with Gasteiger partial charge in [0.05, 0.1) is 0 Å². The van der Waals surface area contributed by atoms with Crippen LogP contribution in [-0.2, 0) is 13.0 Å². The minimum absolute atomic E-state index is 0.0239. The standard InChI is InChI=1S/C27H34N4O2/c1-19(32)20-6-8-25(9-7-20)29-27(33)28-15-26-14-22-11-13-31(26)18-24(22)17-30-12-10-21-4-2-3-5-23(21)16-30/h2-9,22,24,26H,10-18H2,1H3,(H2,28,29,33). The fourth-order valence-corrected chi connectivity index (χ4v) is 5.88. The van der Waals surface area contributed by atoms with Crippen LogP contribution in [-0.4, -0.2) is 60.4 Å². The molecular formula is C27H34N4O2. The maximum Gasteiger partial charge on any atom is 0.319 e. The Labute approximate surface area is 196 Å². The molecule has 33 heavy (non-hydrogen) atoms. The summed E-state index contributed by atoms with van der Waals surface area (Å²) in [6, 6.07) is 16.1. The molecule has 4 atom stereocenters. The Morgan fingerprint density at radius 2 is 1.82 bits per heavy atom. The normalized spacial score (nSPS) is 26.5. The van der Waals surface area contributed by atoms with E-state index in [-0.39, 0.29) is 11.8 Å². The van der Waals surface area contributed by atoms with Gasteiger partial charge in [0, 0.05) is 50.0 Å². The van der Waals surface area contributed by atoms with Crippen LogP contribution in [0, 0.1) is 11.8 Å². The summed E-state index contributed by atoms with van der Waals surface area (Å²) in [5, 5.41) is 5.94. The molecule has 0 aromatic heterocycles. The maximum absolute atomic E-state index is 12.4. The van der Waals surface area contributed by atoms with Crippen molar-refractivity contribution in [1.29, 1.82) is 0 Å². The van der Waals surface area contributed by atoms with Crippen LogP contribution in [0.4, 0.5) is 10.5 Å². The highest BCUT2D eigenvalue weighted by Gasteiger charge is 2.40. The van der Waals surface area contributed by atoms with Gasteiger partial charge in [-0.05, 0) is 80.0 Å². The minimum Gasteiger partial charge on any atom is -0.336 e. The van der Waals surface area contributed by atoms with Gasteiger partial charge in [-0.15, -0.1) is 0 Å². The van der Waals surface area contributed by atoms with Gasteiger partial charge < -0.3 is 10.6 Å². The van der Waals surface area contributed by atoms with Crippen molar-refractivity contribution in [1.82, 2.24) is 15.1 Å². The number of hydrogen-bond acceptors (Lipinski definition) is 4. The molecule has 2 bridgehead atoms. The molecule has 3 saturated heterocycles. The van der Waals surface area contributed by atoms with Crippen molar-refractivity contribution in [3.63, 3.8) is 0 Å². The van der Waals surface area contributed by atoms with E-state index in [4.69, 9.17) is 0 Å². The first-order chi connectivity index (χ1) is 16.0. The quantitative estimate of drug-likeness (QED) is 0.663. The molecule has 4 unspecified atom stereocenters. The topological polar surface area (TPSA) is 64.7 Å². The molecule has 2 N–H and O–H groups in total. The van der Waals surface area contributed by atoms with Crippen molar-refractivity contribution in [3.8, 4) is 0 Å². The average Bonchev–Trinajstić information content (AvgIpc) is 2.83. The molecule has 174 valence electrons. The average molecular weight is 447 g/mol. The Hall–Kier alpha value is -2.70. The Kier molecular flexibility index (Phi) is 6.47. The molecule has 0 saturated carbocycles. The fourth-order valence-electron chi connectivity index (χ4n) is 5.88. The van der Waals surface area contributed by atoms with E-state index in [0.29, 0.717) is 23.8 Å². The number of piperidine rings is 3. The largest absolute Gasteiger partial charge is 0.336 e. The van der Waals surface area contributed by atoms with E-state index in [1.807, 2.05) is 0 Å². The molecule has 2 amide bonds. The summed E-state index contributed by atoms with van der Waals surface area (Å²) in [7, 11) is 0. The van der Waals surface area contributed by atoms with Gasteiger partial charge in [0.15, 0.2) is 5.78 Å². The summed E-state index contributed by atoms with van der Waals surface area (Å²) in [6.45, 7) is 7.94. The molecule has 6 rings (SSSR count). The first kappa shape index (κ1) is 22.1. The SMILES string of the molecule is CC(=O)c1ccc(NC(=O)NCC2CC3CCN2CC3CN2CCc3ccccc3C2)cc1. The third-order valence-electron chi connectivity index (χ3n) is 7.76. The van der Waals surface area contributed by atoms with Crippen molar-refractivity contribution in [2.24, 2.45) is 11.8 Å². The predicted octanol–water partition coefficient (Wildman–Crippen LogP) is 3.78. The second kappa shape index (κ2) is 9.65. The van der Waals surface area contributed by atoms with Crippen LogP contribution in [0.25, 0.3) is 0 Å². The Morgan fingerprint density at radius 1 is 1.03 bits per heavy atom. The van der Waals surface area contributed by atoms with Crippen molar-refractivity contribution in [2.75, 3.05) is 38.0 Å². The summed E-state index contributed by atoms with van der Waals surface area (Å²) in [4.78, 5) is 29.0. The molecule has 0 radical (unpaired) electrons. The molecule has 2 aromatic rings. The third-order valence-corrected chi connectivity index (χ3v) is 7.76. The summed E-state index contributed by atoms with van der Waals surface area (Å²) in [6.07, 6.45) is 3.61. The number of urea groups is 1. The van der Waals surface area contributed by atoms with Crippen LogP contribution in [0.3, 0.4) is 0 Å². The number of Topliss-reactive ketones (excluding diaryl/α,β-unsaturated/α-hetero) is 1. The summed E-state index contributed by atoms with van der Waals surface area (Å²) in [5.74, 6) is 1.51. The van der Waals surface area contributed by atoms with E-state index >= 15 is 0 Å². The van der Waals surface area contributed by atoms with E-state index in [1.165, 1.54) is 37.1 Å². The molecule has 2 aromatic carbocycles. The number of anilines is 1. The molecule has 0 spiro atoms. The number of carbonyl (C=O) groups excluding carboxylic acids is 2. The first-order valence-corrected chi connectivity index (χ1v) is 12.2. The van der Waals surface area contributed by atoms with Gasteiger partial charge in [-0.1, -0.05) is 24.3 Å². The molecule has 6 heteroatoms. The molecule has 3 fully saturated rings. The van der Waals surface area contributed by atoms with Crippen molar-refractivity contribution >= 4 is 17.5 Å². The molecule has 4 aliphatic rings. The first-order valence-electron chi connectivity index (χ1n) is 12.2. The molecular weight excluding hydrogens is 412 g/mol. The van der Waals surface area contributed by atoms with E-state index in [1.54, 1.807) is 31.2 Å². The zero-order valence-corrected chi connectivity index (χ0v) is 19.4. The second-order valence-electron chi connectivity index (χ2n) is 9.92. The number of hydrogen-bond donors (Lipinski definition) is 2. The van der Waals surface area contributed by atoms with E-state index in [9.17, 15) is 9.59 Å². The predicted molar refractivity (Wildman–Crippen MR) is 130 cm³/mol. The number of fused-ring (bicyclic) bond motifs is 4. The van der Waals surface area contributed by atoms with Gasteiger partial charge in [-0.2, -0.15) is 0 Å². The number of amides is 2. The van der Waals surface area contributed by atoms with Crippen LogP contribution in [0.15, 0.2) is 48.5 Å². The maximum atomic E-state index is 12.4. The number of carbonyl (C=O) groups is 2.